The zero-order valence-corrected chi connectivity index (χ0v) is 21.3. The second kappa shape index (κ2) is 11.7. The molecule has 0 aromatic heterocycles. The molecule has 2 aromatic carbocycles. The number of hydrogen-bond donors (Lipinski definition) is 0. The summed E-state index contributed by atoms with van der Waals surface area (Å²) in [5.74, 6) is -0.477. The Balaban J connectivity index is 2.38. The van der Waals surface area contributed by atoms with Crippen LogP contribution in [0.25, 0.3) is 0 Å². The fourth-order valence-electron chi connectivity index (χ4n) is 3.39. The van der Waals surface area contributed by atoms with Crippen molar-refractivity contribution in [3.05, 3.63) is 65.2 Å². The third kappa shape index (κ3) is 6.83. The van der Waals surface area contributed by atoms with E-state index in [9.17, 15) is 14.4 Å². The summed E-state index contributed by atoms with van der Waals surface area (Å²) in [6.07, 6.45) is 1.13. The largest absolute Gasteiger partial charge is 0.513 e. The molecule has 0 saturated heterocycles. The molecule has 0 N–H and O–H groups in total. The summed E-state index contributed by atoms with van der Waals surface area (Å²) in [7, 11) is 1.60. The normalized spacial score (nSPS) is 12.0. The lowest BCUT2D eigenvalue weighted by atomic mass is 9.87. The Kier molecular flexibility index (Phi) is 9.24. The Hall–Kier alpha value is -3.35. The number of ether oxygens (including phenoxy) is 2. The number of rotatable bonds is 7. The molecule has 0 saturated carbocycles. The van der Waals surface area contributed by atoms with Crippen LogP contribution >= 0.6 is 0 Å². The molecule has 34 heavy (non-hydrogen) atoms. The highest BCUT2D eigenvalue weighted by Crippen LogP contribution is 2.28. The van der Waals surface area contributed by atoms with Gasteiger partial charge in [-0.2, -0.15) is 0 Å². The van der Waals surface area contributed by atoms with Gasteiger partial charge in [0, 0.05) is 18.2 Å². The molecular weight excluding hydrogens is 432 g/mol. The lowest BCUT2D eigenvalue weighted by Gasteiger charge is -2.42. The Labute approximate surface area is 202 Å². The zero-order valence-electron chi connectivity index (χ0n) is 21.3. The van der Waals surface area contributed by atoms with Gasteiger partial charge in [0.25, 0.3) is 11.8 Å². The van der Waals surface area contributed by atoms with E-state index in [1.54, 1.807) is 44.3 Å². The van der Waals surface area contributed by atoms with Crippen LogP contribution in [0.3, 0.4) is 0 Å². The molecule has 2 rings (SSSR count). The SMILES string of the molecule is CCCc1ccc(C(=O)N(C)N(C(=O)c2cccc(OC(=O)OCC)c2)C(C)C(C)(C)C)cc1. The molecule has 0 fully saturated rings. The summed E-state index contributed by atoms with van der Waals surface area (Å²) in [5.41, 5.74) is 1.64. The fourth-order valence-corrected chi connectivity index (χ4v) is 3.39. The van der Waals surface area contributed by atoms with E-state index in [-0.39, 0.29) is 41.2 Å². The molecule has 2 aromatic rings. The molecule has 7 heteroatoms. The second-order valence-electron chi connectivity index (χ2n) is 9.28. The topological polar surface area (TPSA) is 76.2 Å². The van der Waals surface area contributed by atoms with Crippen molar-refractivity contribution in [1.29, 1.82) is 0 Å². The van der Waals surface area contributed by atoms with Gasteiger partial charge in [-0.1, -0.05) is 52.3 Å². The minimum absolute atomic E-state index is 0.181. The van der Waals surface area contributed by atoms with E-state index in [0.29, 0.717) is 5.56 Å². The van der Waals surface area contributed by atoms with Gasteiger partial charge in [0.2, 0.25) is 0 Å². The highest BCUT2D eigenvalue weighted by molar-refractivity contribution is 5.99. The van der Waals surface area contributed by atoms with Crippen LogP contribution in [-0.4, -0.2) is 47.7 Å². The van der Waals surface area contributed by atoms with Gasteiger partial charge in [0.1, 0.15) is 5.75 Å². The van der Waals surface area contributed by atoms with Crippen LogP contribution in [0.15, 0.2) is 48.5 Å². The summed E-state index contributed by atoms with van der Waals surface area (Å²) in [5, 5.41) is 2.83. The first kappa shape index (κ1) is 26.9. The van der Waals surface area contributed by atoms with E-state index >= 15 is 0 Å². The highest BCUT2D eigenvalue weighted by Gasteiger charge is 2.35. The summed E-state index contributed by atoms with van der Waals surface area (Å²) >= 11 is 0. The van der Waals surface area contributed by atoms with Crippen molar-refractivity contribution in [2.24, 2.45) is 5.41 Å². The van der Waals surface area contributed by atoms with Crippen LogP contribution in [-0.2, 0) is 11.2 Å². The molecule has 184 valence electrons. The summed E-state index contributed by atoms with van der Waals surface area (Å²) in [6, 6.07) is 13.4. The maximum Gasteiger partial charge on any atom is 0.513 e. The van der Waals surface area contributed by atoms with Gasteiger partial charge in [0.15, 0.2) is 0 Å². The van der Waals surface area contributed by atoms with E-state index in [1.165, 1.54) is 16.1 Å². The monoisotopic (exact) mass is 468 g/mol. The molecule has 1 unspecified atom stereocenters. The number of nitrogens with zero attached hydrogens (tertiary/aromatic N) is 2. The minimum atomic E-state index is -0.842. The molecule has 7 nitrogen and oxygen atoms in total. The number of aryl methyl sites for hydroxylation is 1. The van der Waals surface area contributed by atoms with Gasteiger partial charge in [-0.15, -0.1) is 0 Å². The first-order valence-electron chi connectivity index (χ1n) is 11.6. The van der Waals surface area contributed by atoms with Crippen molar-refractivity contribution < 1.29 is 23.9 Å². The quantitative estimate of drug-likeness (QED) is 0.294. The average Bonchev–Trinajstić information content (AvgIpc) is 2.79. The van der Waals surface area contributed by atoms with Crippen molar-refractivity contribution in [1.82, 2.24) is 10.0 Å². The second-order valence-corrected chi connectivity index (χ2v) is 9.28. The highest BCUT2D eigenvalue weighted by atomic mass is 16.7. The van der Waals surface area contributed by atoms with E-state index in [0.717, 1.165) is 18.4 Å². The Morgan fingerprint density at radius 2 is 1.59 bits per heavy atom. The number of hydrogen-bond acceptors (Lipinski definition) is 5. The molecule has 0 aliphatic rings. The third-order valence-electron chi connectivity index (χ3n) is 5.73. The molecule has 2 amide bonds. The molecule has 0 aliphatic heterocycles. The molecule has 0 aliphatic carbocycles. The average molecular weight is 469 g/mol. The molecule has 0 radical (unpaired) electrons. The van der Waals surface area contributed by atoms with Gasteiger partial charge in [0.05, 0.1) is 12.6 Å². The maximum absolute atomic E-state index is 13.7. The lowest BCUT2D eigenvalue weighted by molar-refractivity contribution is -0.0301. The standard InChI is InChI=1S/C27H36N2O5/c1-8-11-20-14-16-21(17-15-20)24(30)28(7)29(19(3)27(4,5)6)25(31)22-12-10-13-23(18-22)34-26(32)33-9-2/h10,12-19H,8-9,11H2,1-7H3. The van der Waals surface area contributed by atoms with Crippen molar-refractivity contribution in [2.75, 3.05) is 13.7 Å². The fraction of sp³-hybridized carbons (Fsp3) is 0.444. The van der Waals surface area contributed by atoms with Crippen LogP contribution in [0.2, 0.25) is 0 Å². The van der Waals surface area contributed by atoms with Gasteiger partial charge in [-0.05, 0) is 61.6 Å². The van der Waals surface area contributed by atoms with Crippen LogP contribution in [0, 0.1) is 5.41 Å². The number of benzene rings is 2. The third-order valence-corrected chi connectivity index (χ3v) is 5.73. The number of carbonyl (C=O) groups is 3. The van der Waals surface area contributed by atoms with Crippen LogP contribution < -0.4 is 4.74 Å². The van der Waals surface area contributed by atoms with Crippen molar-refractivity contribution in [3.63, 3.8) is 0 Å². The van der Waals surface area contributed by atoms with Crippen molar-refractivity contribution in [2.45, 2.75) is 60.4 Å². The van der Waals surface area contributed by atoms with Gasteiger partial charge < -0.3 is 9.47 Å². The van der Waals surface area contributed by atoms with E-state index < -0.39 is 6.16 Å². The Bertz CT molecular complexity index is 995. The van der Waals surface area contributed by atoms with Gasteiger partial charge >= 0.3 is 6.16 Å². The lowest BCUT2D eigenvalue weighted by Crippen LogP contribution is -2.55. The van der Waals surface area contributed by atoms with E-state index in [4.69, 9.17) is 9.47 Å². The molecule has 0 heterocycles. The number of carbonyl (C=O) groups excluding carboxylic acids is 3. The summed E-state index contributed by atoms with van der Waals surface area (Å²) < 4.78 is 9.96. The molecule has 0 spiro atoms. The molecular formula is C27H36N2O5. The predicted octanol–water partition coefficient (Wildman–Crippen LogP) is 5.74. The van der Waals surface area contributed by atoms with Crippen LogP contribution in [0.1, 0.15) is 74.2 Å². The number of hydrazine groups is 1. The predicted molar refractivity (Wildman–Crippen MR) is 132 cm³/mol. The van der Waals surface area contributed by atoms with Crippen molar-refractivity contribution >= 4 is 18.0 Å². The Morgan fingerprint density at radius 3 is 2.15 bits per heavy atom. The van der Waals surface area contributed by atoms with Crippen molar-refractivity contribution in [3.8, 4) is 5.75 Å². The Morgan fingerprint density at radius 1 is 0.941 bits per heavy atom. The molecule has 0 bridgehead atoms. The summed E-state index contributed by atoms with van der Waals surface area (Å²) in [6.45, 7) is 11.9. The van der Waals surface area contributed by atoms with E-state index in [2.05, 4.69) is 6.92 Å². The summed E-state index contributed by atoms with van der Waals surface area (Å²) in [4.78, 5) is 38.7. The maximum atomic E-state index is 13.7. The minimum Gasteiger partial charge on any atom is -0.434 e. The van der Waals surface area contributed by atoms with Gasteiger partial charge in [-0.3, -0.25) is 9.59 Å². The van der Waals surface area contributed by atoms with Gasteiger partial charge in [-0.25, -0.2) is 14.8 Å². The van der Waals surface area contributed by atoms with E-state index in [1.807, 2.05) is 39.8 Å². The molecule has 1 atom stereocenters. The van der Waals surface area contributed by atoms with Crippen LogP contribution in [0.5, 0.6) is 5.75 Å². The number of amides is 2. The zero-order chi connectivity index (χ0) is 25.5. The first-order valence-corrected chi connectivity index (χ1v) is 11.6. The first-order chi connectivity index (χ1) is 16.0. The van der Waals surface area contributed by atoms with Crippen LogP contribution in [0.4, 0.5) is 4.79 Å². The smallest absolute Gasteiger partial charge is 0.434 e.